The highest BCUT2D eigenvalue weighted by Gasteiger charge is 2.48. The molecular formula is C16H28N2O3. The quantitative estimate of drug-likeness (QED) is 0.741. The molecule has 1 amide bonds. The van der Waals surface area contributed by atoms with Crippen LogP contribution in [-0.2, 0) is 9.59 Å². The van der Waals surface area contributed by atoms with Crippen LogP contribution < -0.4 is 11.1 Å². The maximum Gasteiger partial charge on any atom is 0.307 e. The van der Waals surface area contributed by atoms with Gasteiger partial charge in [0.15, 0.2) is 0 Å². The zero-order chi connectivity index (χ0) is 15.8. The van der Waals surface area contributed by atoms with Gasteiger partial charge in [0.2, 0.25) is 5.91 Å². The molecule has 0 radical (unpaired) electrons. The fraction of sp³-hybridized carbons (Fsp3) is 0.875. The number of nitrogens with two attached hydrogens (primary N) is 1. The fourth-order valence-electron chi connectivity index (χ4n) is 3.99. The first-order valence-electron chi connectivity index (χ1n) is 8.01. The number of carboxylic acids is 1. The Bertz CT molecular complexity index is 427. The molecule has 0 aromatic rings. The van der Waals surface area contributed by atoms with Crippen molar-refractivity contribution in [1.82, 2.24) is 5.32 Å². The van der Waals surface area contributed by atoms with Gasteiger partial charge in [0, 0.05) is 6.04 Å². The van der Waals surface area contributed by atoms with Crippen LogP contribution in [0.3, 0.4) is 0 Å². The minimum absolute atomic E-state index is 0.0177. The largest absolute Gasteiger partial charge is 0.481 e. The Kier molecular flexibility index (Phi) is 4.34. The molecule has 5 nitrogen and oxygen atoms in total. The smallest absolute Gasteiger partial charge is 0.307 e. The van der Waals surface area contributed by atoms with Gasteiger partial charge in [-0.3, -0.25) is 9.59 Å². The van der Waals surface area contributed by atoms with E-state index in [1.165, 1.54) is 0 Å². The lowest BCUT2D eigenvalue weighted by Crippen LogP contribution is -2.59. The fourth-order valence-corrected chi connectivity index (χ4v) is 3.99. The molecule has 0 spiro atoms. The number of carboxylic acid groups (broad SMARTS) is 1. The standard InChI is InChI=1S/C16H28N2O3/c1-10-12(7-6-11(13(19)20)15(10,2)3)18-14(21)16(17)8-4-5-9-16/h10-12H,4-9,17H2,1-3H3,(H,18,21)(H,19,20). The molecule has 2 fully saturated rings. The molecular weight excluding hydrogens is 268 g/mol. The summed E-state index contributed by atoms with van der Waals surface area (Å²) in [6, 6.07) is 0.0177. The van der Waals surface area contributed by atoms with Gasteiger partial charge in [0.25, 0.3) is 0 Å². The van der Waals surface area contributed by atoms with Gasteiger partial charge in [0.1, 0.15) is 0 Å². The first kappa shape index (κ1) is 16.3. The normalized spacial score (nSPS) is 34.4. The third-order valence-corrected chi connectivity index (χ3v) is 6.00. The summed E-state index contributed by atoms with van der Waals surface area (Å²) in [5.41, 5.74) is 5.15. The summed E-state index contributed by atoms with van der Waals surface area (Å²) in [7, 11) is 0. The van der Waals surface area contributed by atoms with Gasteiger partial charge in [-0.2, -0.15) is 0 Å². The lowest BCUT2D eigenvalue weighted by molar-refractivity contribution is -0.150. The summed E-state index contributed by atoms with van der Waals surface area (Å²) in [6.07, 6.45) is 4.84. The molecule has 21 heavy (non-hydrogen) atoms. The van der Waals surface area contributed by atoms with Gasteiger partial charge in [0.05, 0.1) is 11.5 Å². The van der Waals surface area contributed by atoms with Crippen LogP contribution in [0.4, 0.5) is 0 Å². The van der Waals surface area contributed by atoms with Crippen molar-refractivity contribution in [3.8, 4) is 0 Å². The van der Waals surface area contributed by atoms with E-state index in [0.29, 0.717) is 12.8 Å². The van der Waals surface area contributed by atoms with Gasteiger partial charge in [-0.1, -0.05) is 33.6 Å². The molecule has 0 aliphatic heterocycles. The summed E-state index contributed by atoms with van der Waals surface area (Å²) < 4.78 is 0. The second kappa shape index (κ2) is 5.59. The molecule has 0 heterocycles. The van der Waals surface area contributed by atoms with Crippen molar-refractivity contribution in [2.75, 3.05) is 0 Å². The summed E-state index contributed by atoms with van der Waals surface area (Å²) in [5.74, 6) is -1.02. The topological polar surface area (TPSA) is 92.4 Å². The molecule has 0 aromatic carbocycles. The third kappa shape index (κ3) is 2.93. The molecule has 2 aliphatic rings. The number of carbonyl (C=O) groups is 2. The average Bonchev–Trinajstić information content (AvgIpc) is 2.83. The van der Waals surface area contributed by atoms with Crippen molar-refractivity contribution in [3.63, 3.8) is 0 Å². The molecule has 2 saturated carbocycles. The SMILES string of the molecule is CC1C(NC(=O)C2(N)CCCC2)CCC(C(=O)O)C1(C)C. The minimum Gasteiger partial charge on any atom is -0.481 e. The van der Waals surface area contributed by atoms with Gasteiger partial charge >= 0.3 is 5.97 Å². The molecule has 2 rings (SSSR count). The van der Waals surface area contributed by atoms with Crippen LogP contribution in [0.5, 0.6) is 0 Å². The summed E-state index contributed by atoms with van der Waals surface area (Å²) >= 11 is 0. The molecule has 120 valence electrons. The van der Waals surface area contributed by atoms with Gasteiger partial charge in [-0.05, 0) is 37.0 Å². The molecule has 3 unspecified atom stereocenters. The van der Waals surface area contributed by atoms with E-state index in [0.717, 1.165) is 25.7 Å². The molecule has 0 aromatic heterocycles. The van der Waals surface area contributed by atoms with Gasteiger partial charge < -0.3 is 16.2 Å². The zero-order valence-corrected chi connectivity index (χ0v) is 13.3. The van der Waals surface area contributed by atoms with Crippen LogP contribution in [0.1, 0.15) is 59.3 Å². The van der Waals surface area contributed by atoms with Crippen molar-refractivity contribution >= 4 is 11.9 Å². The van der Waals surface area contributed by atoms with Crippen LogP contribution in [0, 0.1) is 17.3 Å². The second-order valence-electron chi connectivity index (χ2n) is 7.52. The van der Waals surface area contributed by atoms with Crippen molar-refractivity contribution in [1.29, 1.82) is 0 Å². The Morgan fingerprint density at radius 3 is 2.29 bits per heavy atom. The Morgan fingerprint density at radius 1 is 1.19 bits per heavy atom. The predicted octanol–water partition coefficient (Wildman–Crippen LogP) is 1.90. The van der Waals surface area contributed by atoms with Gasteiger partial charge in [-0.25, -0.2) is 0 Å². The maximum atomic E-state index is 12.5. The first-order chi connectivity index (χ1) is 9.68. The minimum atomic E-state index is -0.734. The molecule has 2 aliphatic carbocycles. The first-order valence-corrected chi connectivity index (χ1v) is 8.01. The van der Waals surface area contributed by atoms with E-state index in [1.807, 2.05) is 20.8 Å². The number of carbonyl (C=O) groups excluding carboxylic acids is 1. The van der Waals surface area contributed by atoms with Crippen LogP contribution in [0.25, 0.3) is 0 Å². The molecule has 4 N–H and O–H groups in total. The summed E-state index contributed by atoms with van der Waals surface area (Å²) in [6.45, 7) is 6.02. The van der Waals surface area contributed by atoms with E-state index in [9.17, 15) is 14.7 Å². The zero-order valence-electron chi connectivity index (χ0n) is 13.3. The Balaban J connectivity index is 2.05. The van der Waals surface area contributed by atoms with Crippen molar-refractivity contribution in [2.45, 2.75) is 70.9 Å². The average molecular weight is 296 g/mol. The van der Waals surface area contributed by atoms with E-state index in [4.69, 9.17) is 5.73 Å². The maximum absolute atomic E-state index is 12.5. The lowest BCUT2D eigenvalue weighted by atomic mass is 9.61. The lowest BCUT2D eigenvalue weighted by Gasteiger charge is -2.46. The number of amides is 1. The highest BCUT2D eigenvalue weighted by atomic mass is 16.4. The number of nitrogens with one attached hydrogen (secondary N) is 1. The van der Waals surface area contributed by atoms with Crippen LogP contribution in [0.2, 0.25) is 0 Å². The van der Waals surface area contributed by atoms with Crippen LogP contribution in [-0.4, -0.2) is 28.6 Å². The number of hydrogen-bond acceptors (Lipinski definition) is 3. The number of rotatable bonds is 3. The number of hydrogen-bond donors (Lipinski definition) is 3. The van der Waals surface area contributed by atoms with E-state index in [2.05, 4.69) is 5.32 Å². The molecule has 0 bridgehead atoms. The van der Waals surface area contributed by atoms with Crippen LogP contribution in [0.15, 0.2) is 0 Å². The monoisotopic (exact) mass is 296 g/mol. The van der Waals surface area contributed by atoms with Crippen molar-refractivity contribution < 1.29 is 14.7 Å². The summed E-state index contributed by atoms with van der Waals surface area (Å²) in [4.78, 5) is 23.9. The highest BCUT2D eigenvalue weighted by Crippen LogP contribution is 2.45. The predicted molar refractivity (Wildman–Crippen MR) is 80.6 cm³/mol. The van der Waals surface area contributed by atoms with Crippen molar-refractivity contribution in [2.24, 2.45) is 23.0 Å². The van der Waals surface area contributed by atoms with E-state index in [-0.39, 0.29) is 29.2 Å². The van der Waals surface area contributed by atoms with Crippen LogP contribution >= 0.6 is 0 Å². The van der Waals surface area contributed by atoms with E-state index >= 15 is 0 Å². The van der Waals surface area contributed by atoms with E-state index in [1.54, 1.807) is 0 Å². The highest BCUT2D eigenvalue weighted by molar-refractivity contribution is 5.86. The molecule has 5 heteroatoms. The molecule has 3 atom stereocenters. The third-order valence-electron chi connectivity index (χ3n) is 6.00. The summed E-state index contributed by atoms with van der Waals surface area (Å²) in [5, 5.41) is 12.5. The number of aliphatic carboxylic acids is 1. The van der Waals surface area contributed by atoms with Gasteiger partial charge in [-0.15, -0.1) is 0 Å². The molecule has 0 saturated heterocycles. The Hall–Kier alpha value is -1.10. The second-order valence-corrected chi connectivity index (χ2v) is 7.52. The Morgan fingerprint density at radius 2 is 1.76 bits per heavy atom. The van der Waals surface area contributed by atoms with Crippen molar-refractivity contribution in [3.05, 3.63) is 0 Å². The van der Waals surface area contributed by atoms with E-state index < -0.39 is 11.5 Å². The Labute approximate surface area is 126 Å².